The molecule has 0 spiro atoms. The Morgan fingerprint density at radius 3 is 2.79 bits per heavy atom. The van der Waals surface area contributed by atoms with Crippen LogP contribution >= 0.6 is 39.3 Å². The normalized spacial score (nSPS) is 25.5. The second kappa shape index (κ2) is 8.23. The predicted octanol–water partition coefficient (Wildman–Crippen LogP) is 6.34. The van der Waals surface area contributed by atoms with E-state index in [9.17, 15) is 4.39 Å². The molecule has 0 aromatic carbocycles. The van der Waals surface area contributed by atoms with Crippen molar-refractivity contribution in [3.05, 3.63) is 15.6 Å². The zero-order valence-electron chi connectivity index (χ0n) is 16.4. The van der Waals surface area contributed by atoms with Crippen LogP contribution in [0.15, 0.2) is 9.76 Å². The van der Waals surface area contributed by atoms with Crippen molar-refractivity contribution in [2.24, 2.45) is 17.8 Å². The number of thioether (sulfide) groups is 1. The van der Waals surface area contributed by atoms with Gasteiger partial charge in [-0.1, -0.05) is 50.6 Å². The Bertz CT molecular complexity index is 898. The highest BCUT2D eigenvalue weighted by molar-refractivity contribution is 9.10. The molecule has 2 aromatic heterocycles. The lowest BCUT2D eigenvalue weighted by atomic mass is 9.82. The molecule has 0 amide bonds. The monoisotopic (exact) mass is 486 g/mol. The molecule has 0 N–H and O–H groups in total. The maximum Gasteiger partial charge on any atom is 0.190 e. The van der Waals surface area contributed by atoms with E-state index in [2.05, 4.69) is 44.6 Å². The minimum Gasteiger partial charge on any atom is -0.352 e. The molecule has 1 saturated heterocycles. The van der Waals surface area contributed by atoms with Crippen molar-refractivity contribution in [1.82, 2.24) is 15.0 Å². The summed E-state index contributed by atoms with van der Waals surface area (Å²) < 4.78 is 15.4. The van der Waals surface area contributed by atoms with Crippen LogP contribution < -0.4 is 4.90 Å². The van der Waals surface area contributed by atoms with E-state index >= 15 is 0 Å². The fourth-order valence-corrected chi connectivity index (χ4v) is 6.34. The minimum absolute atomic E-state index is 0.159. The quantitative estimate of drug-likeness (QED) is 0.279. The molecule has 4 rings (SSSR count). The predicted molar refractivity (Wildman–Crippen MR) is 118 cm³/mol. The summed E-state index contributed by atoms with van der Waals surface area (Å²) in [5.41, 5.74) is 0.258. The summed E-state index contributed by atoms with van der Waals surface area (Å²) in [4.78, 5) is 16.0. The van der Waals surface area contributed by atoms with E-state index < -0.39 is 5.82 Å². The van der Waals surface area contributed by atoms with E-state index in [1.54, 1.807) is 0 Å². The van der Waals surface area contributed by atoms with E-state index in [4.69, 9.17) is 16.6 Å². The lowest BCUT2D eigenvalue weighted by Gasteiger charge is -2.44. The number of aromatic nitrogens is 3. The van der Waals surface area contributed by atoms with Crippen LogP contribution in [-0.2, 0) is 0 Å². The number of fused-ring (bicyclic) bond motifs is 3. The Morgan fingerprint density at radius 2 is 2.07 bits per heavy atom. The number of anilines is 1. The molecular weight excluding hydrogens is 463 g/mol. The highest BCUT2D eigenvalue weighted by atomic mass is 79.9. The van der Waals surface area contributed by atoms with E-state index in [-0.39, 0.29) is 10.7 Å². The average molecular weight is 488 g/mol. The summed E-state index contributed by atoms with van der Waals surface area (Å²) >= 11 is 11.1. The molecule has 1 aliphatic carbocycles. The molecule has 2 aromatic rings. The van der Waals surface area contributed by atoms with Crippen molar-refractivity contribution < 1.29 is 4.39 Å². The van der Waals surface area contributed by atoms with Crippen LogP contribution in [0.3, 0.4) is 0 Å². The zero-order chi connectivity index (χ0) is 20.0. The van der Waals surface area contributed by atoms with Crippen LogP contribution in [0.5, 0.6) is 0 Å². The van der Waals surface area contributed by atoms with Gasteiger partial charge < -0.3 is 4.90 Å². The molecule has 0 radical (unpaired) electrons. The highest BCUT2D eigenvalue weighted by Crippen LogP contribution is 2.47. The topological polar surface area (TPSA) is 41.9 Å². The van der Waals surface area contributed by atoms with Crippen molar-refractivity contribution in [3.8, 4) is 0 Å². The number of halogens is 3. The molecule has 2 bridgehead atoms. The molecule has 2 aliphatic rings. The first-order chi connectivity index (χ1) is 13.4. The Morgan fingerprint density at radius 1 is 1.29 bits per heavy atom. The first kappa shape index (κ1) is 20.6. The lowest BCUT2D eigenvalue weighted by molar-refractivity contribution is 0.259. The van der Waals surface area contributed by atoms with Crippen molar-refractivity contribution in [2.45, 2.75) is 57.7 Å². The number of piperidine rings is 1. The van der Waals surface area contributed by atoms with Crippen LogP contribution in [0.2, 0.25) is 5.15 Å². The van der Waals surface area contributed by atoms with E-state index in [0.29, 0.717) is 38.9 Å². The first-order valence-electron chi connectivity index (χ1n) is 10.1. The fraction of sp³-hybridized carbons (Fsp3) is 0.650. The third-order valence-electron chi connectivity index (χ3n) is 6.31. The number of nitrogens with zero attached hydrogens (tertiary/aromatic N) is 4. The average Bonchev–Trinajstić information content (AvgIpc) is 3.06. The van der Waals surface area contributed by atoms with Gasteiger partial charge in [0, 0.05) is 12.6 Å². The van der Waals surface area contributed by atoms with Crippen LogP contribution in [0.4, 0.5) is 10.2 Å². The smallest absolute Gasteiger partial charge is 0.190 e. The number of hydrogen-bond donors (Lipinski definition) is 0. The molecule has 4 nitrogen and oxygen atoms in total. The molecule has 0 unspecified atom stereocenters. The van der Waals surface area contributed by atoms with Gasteiger partial charge in [-0.3, -0.25) is 0 Å². The molecule has 1 saturated carbocycles. The minimum atomic E-state index is -0.568. The molecule has 2 fully saturated rings. The van der Waals surface area contributed by atoms with Crippen molar-refractivity contribution in [2.75, 3.05) is 17.2 Å². The van der Waals surface area contributed by atoms with E-state index in [1.807, 2.05) is 6.92 Å². The summed E-state index contributed by atoms with van der Waals surface area (Å²) in [7, 11) is 0. The lowest BCUT2D eigenvalue weighted by Crippen LogP contribution is -2.49. The Hall–Kier alpha value is -0.660. The molecule has 8 heteroatoms. The van der Waals surface area contributed by atoms with Crippen LogP contribution in [-0.4, -0.2) is 33.3 Å². The second-order valence-electron chi connectivity index (χ2n) is 7.96. The number of hydrogen-bond acceptors (Lipinski definition) is 5. The largest absolute Gasteiger partial charge is 0.352 e. The Labute approximate surface area is 183 Å². The van der Waals surface area contributed by atoms with E-state index in [1.165, 1.54) is 31.0 Å². The van der Waals surface area contributed by atoms with Gasteiger partial charge in [0.15, 0.2) is 16.1 Å². The van der Waals surface area contributed by atoms with Crippen LogP contribution in [0.1, 0.15) is 46.5 Å². The van der Waals surface area contributed by atoms with Gasteiger partial charge in [0.05, 0.1) is 5.39 Å². The third kappa shape index (κ3) is 3.52. The fourth-order valence-electron chi connectivity index (χ4n) is 4.95. The maximum absolute atomic E-state index is 14.9. The molecule has 1 aliphatic heterocycles. The van der Waals surface area contributed by atoms with Gasteiger partial charge in [0.1, 0.15) is 15.9 Å². The summed E-state index contributed by atoms with van der Waals surface area (Å²) in [6.45, 7) is 7.58. The van der Waals surface area contributed by atoms with Gasteiger partial charge in [-0.2, -0.15) is 0 Å². The summed E-state index contributed by atoms with van der Waals surface area (Å²) in [6, 6.07) is 0.409. The van der Waals surface area contributed by atoms with Crippen molar-refractivity contribution in [3.63, 3.8) is 0 Å². The van der Waals surface area contributed by atoms with Gasteiger partial charge in [-0.25, -0.2) is 19.3 Å². The molecule has 152 valence electrons. The summed E-state index contributed by atoms with van der Waals surface area (Å²) in [6.07, 6.45) is 4.95. The van der Waals surface area contributed by atoms with Gasteiger partial charge in [0.25, 0.3) is 0 Å². The Balaban J connectivity index is 1.94. The highest BCUT2D eigenvalue weighted by Gasteiger charge is 2.43. The number of pyridine rings is 1. The van der Waals surface area contributed by atoms with Gasteiger partial charge >= 0.3 is 0 Å². The molecule has 4 atom stereocenters. The van der Waals surface area contributed by atoms with Crippen molar-refractivity contribution in [1.29, 1.82) is 0 Å². The molecular formula is C20H25BrClFN4S. The van der Waals surface area contributed by atoms with Gasteiger partial charge in [-0.15, -0.1) is 0 Å². The summed E-state index contributed by atoms with van der Waals surface area (Å²) in [5, 5.41) is 1.07. The third-order valence-corrected chi connectivity index (χ3v) is 7.87. The molecule has 28 heavy (non-hydrogen) atoms. The zero-order valence-corrected chi connectivity index (χ0v) is 19.5. The molecule has 3 heterocycles. The number of rotatable bonds is 5. The summed E-state index contributed by atoms with van der Waals surface area (Å²) in [5.74, 6) is 2.96. The maximum atomic E-state index is 14.9. The van der Waals surface area contributed by atoms with Crippen LogP contribution in [0, 0.1) is 23.6 Å². The van der Waals surface area contributed by atoms with Gasteiger partial charge in [0.2, 0.25) is 0 Å². The SMILES string of the molecule is CCSc1nc(N2C[C@H]3CC[C@H](C3)[C@H]2[C@@H](C)CC)c2c(Br)nc(Cl)c(F)c2n1. The van der Waals surface area contributed by atoms with Crippen LogP contribution in [0.25, 0.3) is 10.9 Å². The van der Waals surface area contributed by atoms with Crippen molar-refractivity contribution >= 4 is 56.0 Å². The Kier molecular flexibility index (Phi) is 6.05. The van der Waals surface area contributed by atoms with Gasteiger partial charge in [-0.05, 0) is 58.7 Å². The second-order valence-corrected chi connectivity index (χ2v) is 10.3. The standard InChI is InChI=1S/C20H25BrClFN4S/c1-4-10(3)16-12-7-6-11(8-12)9-27(16)19-13-15(24-20(26-19)28-5-2)14(23)18(22)25-17(13)21/h10-12,16H,4-9H2,1-3H3/t10-,11-,12+,16+/m0/s1. The van der Waals surface area contributed by atoms with E-state index in [0.717, 1.165) is 24.5 Å². The first-order valence-corrected chi connectivity index (χ1v) is 12.2.